The number of hydrogen-bond acceptors (Lipinski definition) is 0. The summed E-state index contributed by atoms with van der Waals surface area (Å²) >= 11 is 0. The lowest BCUT2D eigenvalue weighted by molar-refractivity contribution is 0.548. The summed E-state index contributed by atoms with van der Waals surface area (Å²) in [5.41, 5.74) is 1.90. The molecular formula is C18H17F3. The summed E-state index contributed by atoms with van der Waals surface area (Å²) in [6, 6.07) is 12.5. The lowest BCUT2D eigenvalue weighted by Crippen LogP contribution is -1.85. The van der Waals surface area contributed by atoms with Crippen LogP contribution in [0.5, 0.6) is 0 Å². The number of halogens is 3. The van der Waals surface area contributed by atoms with Gasteiger partial charge in [-0.2, -0.15) is 0 Å². The Balaban J connectivity index is 2.20. The van der Waals surface area contributed by atoms with E-state index in [2.05, 4.69) is 0 Å². The summed E-state index contributed by atoms with van der Waals surface area (Å²) in [5.74, 6) is -1.80. The molecule has 2 aromatic rings. The average Bonchev–Trinajstić information content (AvgIpc) is 2.53. The SMILES string of the molecule is CCCC/C(F)=C(/F)c1ccc(-c2ccc(F)cc2)cc1. The highest BCUT2D eigenvalue weighted by molar-refractivity contribution is 5.68. The van der Waals surface area contributed by atoms with Gasteiger partial charge in [-0.1, -0.05) is 49.7 Å². The zero-order valence-electron chi connectivity index (χ0n) is 11.9. The second-order valence-corrected chi connectivity index (χ2v) is 4.91. The number of benzene rings is 2. The van der Waals surface area contributed by atoms with Gasteiger partial charge in [0, 0.05) is 12.0 Å². The van der Waals surface area contributed by atoms with E-state index in [9.17, 15) is 13.2 Å². The van der Waals surface area contributed by atoms with Crippen molar-refractivity contribution in [2.75, 3.05) is 0 Å². The van der Waals surface area contributed by atoms with E-state index in [1.165, 1.54) is 12.1 Å². The molecule has 0 saturated heterocycles. The lowest BCUT2D eigenvalue weighted by Gasteiger charge is -2.05. The van der Waals surface area contributed by atoms with Crippen molar-refractivity contribution in [3.05, 3.63) is 65.7 Å². The van der Waals surface area contributed by atoms with E-state index in [4.69, 9.17) is 0 Å². The largest absolute Gasteiger partial charge is 0.209 e. The van der Waals surface area contributed by atoms with E-state index >= 15 is 0 Å². The Hall–Kier alpha value is -2.03. The number of rotatable bonds is 5. The number of hydrogen-bond donors (Lipinski definition) is 0. The van der Waals surface area contributed by atoms with Crippen molar-refractivity contribution in [3.8, 4) is 11.1 Å². The molecular weight excluding hydrogens is 273 g/mol. The number of unbranched alkanes of at least 4 members (excludes halogenated alkanes) is 1. The molecule has 0 aliphatic carbocycles. The molecule has 0 heterocycles. The molecule has 0 nitrogen and oxygen atoms in total. The Kier molecular flexibility index (Phi) is 5.20. The molecule has 0 radical (unpaired) electrons. The molecule has 21 heavy (non-hydrogen) atoms. The van der Waals surface area contributed by atoms with Gasteiger partial charge in [0.2, 0.25) is 0 Å². The van der Waals surface area contributed by atoms with Gasteiger partial charge in [0.1, 0.15) is 11.6 Å². The molecule has 110 valence electrons. The second-order valence-electron chi connectivity index (χ2n) is 4.91. The molecule has 0 N–H and O–H groups in total. The maximum Gasteiger partial charge on any atom is 0.161 e. The first-order chi connectivity index (χ1) is 10.1. The fourth-order valence-electron chi connectivity index (χ4n) is 2.05. The highest BCUT2D eigenvalue weighted by Crippen LogP contribution is 2.27. The first-order valence-electron chi connectivity index (χ1n) is 7.02. The third-order valence-corrected chi connectivity index (χ3v) is 3.30. The number of allylic oxidation sites excluding steroid dienone is 1. The molecule has 0 saturated carbocycles. The van der Waals surface area contributed by atoms with Crippen LogP contribution in [-0.2, 0) is 0 Å². The van der Waals surface area contributed by atoms with Gasteiger partial charge in [0.05, 0.1) is 0 Å². The molecule has 0 aliphatic rings. The van der Waals surface area contributed by atoms with Crippen molar-refractivity contribution in [2.45, 2.75) is 26.2 Å². The maximum atomic E-state index is 13.9. The van der Waals surface area contributed by atoms with Crippen LogP contribution in [0.25, 0.3) is 17.0 Å². The Morgan fingerprint density at radius 1 is 0.857 bits per heavy atom. The van der Waals surface area contributed by atoms with Crippen LogP contribution in [0, 0.1) is 5.82 Å². The highest BCUT2D eigenvalue weighted by atomic mass is 19.2. The van der Waals surface area contributed by atoms with Gasteiger partial charge >= 0.3 is 0 Å². The fourth-order valence-corrected chi connectivity index (χ4v) is 2.05. The van der Waals surface area contributed by atoms with E-state index < -0.39 is 11.7 Å². The third kappa shape index (κ3) is 3.97. The van der Waals surface area contributed by atoms with Gasteiger partial charge < -0.3 is 0 Å². The first-order valence-corrected chi connectivity index (χ1v) is 7.02. The molecule has 0 unspecified atom stereocenters. The predicted molar refractivity (Wildman–Crippen MR) is 80.5 cm³/mol. The Morgan fingerprint density at radius 2 is 1.38 bits per heavy atom. The van der Waals surface area contributed by atoms with E-state index in [0.717, 1.165) is 17.5 Å². The molecule has 0 amide bonds. The summed E-state index contributed by atoms with van der Waals surface area (Å²) in [4.78, 5) is 0. The van der Waals surface area contributed by atoms with E-state index in [0.29, 0.717) is 6.42 Å². The fraction of sp³-hybridized carbons (Fsp3) is 0.222. The van der Waals surface area contributed by atoms with Crippen LogP contribution in [0.3, 0.4) is 0 Å². The van der Waals surface area contributed by atoms with E-state index in [1.54, 1.807) is 36.4 Å². The molecule has 0 bridgehead atoms. The van der Waals surface area contributed by atoms with Gasteiger partial charge in [-0.3, -0.25) is 0 Å². The minimum atomic E-state index is -0.797. The summed E-state index contributed by atoms with van der Waals surface area (Å²) in [5, 5.41) is 0. The van der Waals surface area contributed by atoms with Crippen LogP contribution in [0.2, 0.25) is 0 Å². The van der Waals surface area contributed by atoms with E-state index in [1.807, 2.05) is 6.92 Å². The van der Waals surface area contributed by atoms with Crippen LogP contribution >= 0.6 is 0 Å². The smallest absolute Gasteiger partial charge is 0.161 e. The van der Waals surface area contributed by atoms with Crippen molar-refractivity contribution in [3.63, 3.8) is 0 Å². The molecule has 0 atom stereocenters. The standard InChI is InChI=1S/C18H17F3/c1-2-3-4-17(20)18(21)15-7-5-13(6-8-15)14-9-11-16(19)12-10-14/h5-12H,2-4H2,1H3/b18-17-. The quantitative estimate of drug-likeness (QED) is 0.607. The van der Waals surface area contributed by atoms with Crippen molar-refractivity contribution >= 4 is 5.83 Å². The lowest BCUT2D eigenvalue weighted by atomic mass is 10.0. The summed E-state index contributed by atoms with van der Waals surface area (Å²) in [6.45, 7) is 1.93. The average molecular weight is 290 g/mol. The monoisotopic (exact) mass is 290 g/mol. The zero-order valence-corrected chi connectivity index (χ0v) is 11.9. The zero-order chi connectivity index (χ0) is 15.2. The topological polar surface area (TPSA) is 0 Å². The van der Waals surface area contributed by atoms with Gasteiger partial charge in [-0.05, 0) is 29.7 Å². The molecule has 2 aromatic carbocycles. The summed E-state index contributed by atoms with van der Waals surface area (Å²) in [7, 11) is 0. The van der Waals surface area contributed by atoms with Crippen LogP contribution < -0.4 is 0 Å². The van der Waals surface area contributed by atoms with Crippen molar-refractivity contribution in [2.24, 2.45) is 0 Å². The van der Waals surface area contributed by atoms with Gasteiger partial charge in [-0.25, -0.2) is 13.2 Å². The van der Waals surface area contributed by atoms with Gasteiger partial charge in [-0.15, -0.1) is 0 Å². The van der Waals surface area contributed by atoms with Crippen molar-refractivity contribution < 1.29 is 13.2 Å². The maximum absolute atomic E-state index is 13.9. The summed E-state index contributed by atoms with van der Waals surface area (Å²) in [6.07, 6.45) is 1.58. The molecule has 0 aliphatic heterocycles. The Bertz CT molecular complexity index is 610. The summed E-state index contributed by atoms with van der Waals surface area (Å²) < 4.78 is 40.4. The molecule has 0 aromatic heterocycles. The second kappa shape index (κ2) is 7.11. The minimum absolute atomic E-state index is 0.127. The van der Waals surface area contributed by atoms with Crippen molar-refractivity contribution in [1.82, 2.24) is 0 Å². The molecule has 2 rings (SSSR count). The highest BCUT2D eigenvalue weighted by Gasteiger charge is 2.09. The molecule has 3 heteroatoms. The first kappa shape index (κ1) is 15.4. The van der Waals surface area contributed by atoms with Crippen LogP contribution in [0.1, 0.15) is 31.7 Å². The van der Waals surface area contributed by atoms with Crippen molar-refractivity contribution in [1.29, 1.82) is 0 Å². The Morgan fingerprint density at radius 3 is 1.90 bits per heavy atom. The van der Waals surface area contributed by atoms with Crippen LogP contribution in [0.15, 0.2) is 54.4 Å². The molecule has 0 spiro atoms. The van der Waals surface area contributed by atoms with Crippen LogP contribution in [-0.4, -0.2) is 0 Å². The minimum Gasteiger partial charge on any atom is -0.209 e. The Labute approximate surface area is 122 Å². The van der Waals surface area contributed by atoms with Gasteiger partial charge in [0.15, 0.2) is 5.83 Å². The van der Waals surface area contributed by atoms with E-state index in [-0.39, 0.29) is 17.8 Å². The van der Waals surface area contributed by atoms with Gasteiger partial charge in [0.25, 0.3) is 0 Å². The molecule has 0 fully saturated rings. The normalized spacial score (nSPS) is 12.2. The van der Waals surface area contributed by atoms with Crippen LogP contribution in [0.4, 0.5) is 13.2 Å². The predicted octanol–water partition coefficient (Wildman–Crippen LogP) is 6.29. The third-order valence-electron chi connectivity index (χ3n) is 3.30.